The number of Topliss-reactive ketones (excluding diaryl/α,β-unsaturated/α-hetero) is 1. The van der Waals surface area contributed by atoms with Crippen LogP contribution < -0.4 is 14.4 Å². The van der Waals surface area contributed by atoms with Gasteiger partial charge in [-0.15, -0.1) is 6.58 Å². The number of fused-ring (bicyclic) bond motifs is 1. The minimum atomic E-state index is -1.91. The van der Waals surface area contributed by atoms with E-state index in [0.29, 0.717) is 28.3 Å². The van der Waals surface area contributed by atoms with Gasteiger partial charge in [-0.2, -0.15) is 0 Å². The number of carbonyl (C=O) groups excluding carboxylic acids is 2. The molecular weight excluding hydrogens is 346 g/mol. The van der Waals surface area contributed by atoms with E-state index in [0.717, 1.165) is 0 Å². The predicted molar refractivity (Wildman–Crippen MR) is 101 cm³/mol. The van der Waals surface area contributed by atoms with E-state index in [4.69, 9.17) is 9.47 Å². The first-order valence-corrected chi connectivity index (χ1v) is 8.46. The lowest BCUT2D eigenvalue weighted by molar-refractivity contribution is -0.135. The Morgan fingerprint density at radius 2 is 1.89 bits per heavy atom. The van der Waals surface area contributed by atoms with E-state index in [1.807, 2.05) is 0 Å². The van der Waals surface area contributed by atoms with E-state index in [2.05, 4.69) is 6.58 Å². The number of amides is 1. The van der Waals surface area contributed by atoms with Crippen molar-refractivity contribution in [3.8, 4) is 11.5 Å². The molecule has 0 saturated carbocycles. The number of para-hydroxylation sites is 1. The second-order valence-electron chi connectivity index (χ2n) is 6.25. The van der Waals surface area contributed by atoms with Gasteiger partial charge in [-0.05, 0) is 24.3 Å². The van der Waals surface area contributed by atoms with Gasteiger partial charge >= 0.3 is 0 Å². The molecule has 1 unspecified atom stereocenters. The van der Waals surface area contributed by atoms with Crippen molar-refractivity contribution in [1.29, 1.82) is 0 Å². The first-order chi connectivity index (χ1) is 13.0. The fourth-order valence-corrected chi connectivity index (χ4v) is 3.33. The molecule has 1 aliphatic rings. The summed E-state index contributed by atoms with van der Waals surface area (Å²) in [5, 5.41) is 11.2. The zero-order valence-electron chi connectivity index (χ0n) is 15.3. The Labute approximate surface area is 157 Å². The van der Waals surface area contributed by atoms with Gasteiger partial charge in [0.05, 0.1) is 26.3 Å². The lowest BCUT2D eigenvalue weighted by Gasteiger charge is -2.22. The number of hydrogen-bond acceptors (Lipinski definition) is 5. The predicted octanol–water partition coefficient (Wildman–Crippen LogP) is 2.70. The maximum absolute atomic E-state index is 12.9. The van der Waals surface area contributed by atoms with Crippen molar-refractivity contribution in [3.63, 3.8) is 0 Å². The minimum Gasteiger partial charge on any atom is -0.493 e. The zero-order chi connectivity index (χ0) is 19.6. The highest BCUT2D eigenvalue weighted by atomic mass is 16.5. The molecule has 1 heterocycles. The monoisotopic (exact) mass is 367 g/mol. The van der Waals surface area contributed by atoms with E-state index >= 15 is 0 Å². The Balaban J connectivity index is 1.96. The molecule has 1 N–H and O–H groups in total. The normalized spacial score (nSPS) is 18.2. The summed E-state index contributed by atoms with van der Waals surface area (Å²) < 4.78 is 10.4. The van der Waals surface area contributed by atoms with Gasteiger partial charge in [0.1, 0.15) is 0 Å². The van der Waals surface area contributed by atoms with Gasteiger partial charge < -0.3 is 19.5 Å². The van der Waals surface area contributed by atoms with Crippen LogP contribution in [0, 0.1) is 0 Å². The van der Waals surface area contributed by atoms with Crippen LogP contribution in [-0.2, 0) is 10.4 Å². The molecule has 2 aromatic rings. The number of rotatable bonds is 7. The number of ether oxygens (including phenoxy) is 2. The largest absolute Gasteiger partial charge is 0.493 e. The number of hydrogen-bond donors (Lipinski definition) is 1. The molecule has 0 aromatic heterocycles. The summed E-state index contributed by atoms with van der Waals surface area (Å²) >= 11 is 0. The molecule has 6 heteroatoms. The van der Waals surface area contributed by atoms with Gasteiger partial charge in [-0.3, -0.25) is 9.59 Å². The third-order valence-electron chi connectivity index (χ3n) is 4.67. The lowest BCUT2D eigenvalue weighted by atomic mass is 9.88. The average molecular weight is 367 g/mol. The lowest BCUT2D eigenvalue weighted by Crippen LogP contribution is -2.41. The maximum atomic E-state index is 12.9. The number of carbonyl (C=O) groups is 2. The molecule has 0 radical (unpaired) electrons. The topological polar surface area (TPSA) is 76.1 Å². The summed E-state index contributed by atoms with van der Waals surface area (Å²) in [5.41, 5.74) is -0.576. The van der Waals surface area contributed by atoms with E-state index in [1.165, 1.54) is 25.2 Å². The maximum Gasteiger partial charge on any atom is 0.264 e. The molecule has 3 rings (SSSR count). The highest BCUT2D eigenvalue weighted by Gasteiger charge is 2.50. The van der Waals surface area contributed by atoms with Crippen LogP contribution in [0.1, 0.15) is 22.3 Å². The van der Waals surface area contributed by atoms with Crippen molar-refractivity contribution >= 4 is 17.4 Å². The minimum absolute atomic E-state index is 0.253. The molecule has 6 nitrogen and oxygen atoms in total. The van der Waals surface area contributed by atoms with E-state index < -0.39 is 11.5 Å². The van der Waals surface area contributed by atoms with E-state index in [1.54, 1.807) is 42.5 Å². The summed E-state index contributed by atoms with van der Waals surface area (Å²) in [6.45, 7) is 3.91. The summed E-state index contributed by atoms with van der Waals surface area (Å²) in [4.78, 5) is 27.2. The number of anilines is 1. The smallest absolute Gasteiger partial charge is 0.264 e. The Kier molecular flexibility index (Phi) is 5.01. The van der Waals surface area contributed by atoms with Crippen LogP contribution >= 0.6 is 0 Å². The standard InChI is InChI=1S/C21H21NO5/c1-4-11-22-16-8-6-5-7-15(16)21(25,20(22)24)13-17(23)14-9-10-18(26-2)19(12-14)27-3/h4-10,12,25H,1,11,13H2,2-3H3. The Hall–Kier alpha value is -3.12. The van der Waals surface area contributed by atoms with Crippen molar-refractivity contribution < 1.29 is 24.2 Å². The van der Waals surface area contributed by atoms with Crippen molar-refractivity contribution in [2.24, 2.45) is 0 Å². The fraction of sp³-hybridized carbons (Fsp3) is 0.238. The number of benzene rings is 2. The van der Waals surface area contributed by atoms with Crippen LogP contribution in [0.4, 0.5) is 5.69 Å². The van der Waals surface area contributed by atoms with Gasteiger partial charge in [0, 0.05) is 17.7 Å². The number of nitrogens with zero attached hydrogens (tertiary/aromatic N) is 1. The van der Waals surface area contributed by atoms with Crippen LogP contribution in [0.3, 0.4) is 0 Å². The highest BCUT2D eigenvalue weighted by Crippen LogP contribution is 2.43. The summed E-state index contributed by atoms with van der Waals surface area (Å²) in [6.07, 6.45) is 1.21. The highest BCUT2D eigenvalue weighted by molar-refractivity contribution is 6.11. The first kappa shape index (κ1) is 18.7. The molecule has 1 amide bonds. The molecule has 140 valence electrons. The Bertz CT molecular complexity index is 907. The van der Waals surface area contributed by atoms with E-state index in [-0.39, 0.29) is 18.7 Å². The molecule has 1 atom stereocenters. The second kappa shape index (κ2) is 7.25. The number of aliphatic hydroxyl groups is 1. The third kappa shape index (κ3) is 3.08. The van der Waals surface area contributed by atoms with Crippen LogP contribution in [-0.4, -0.2) is 37.6 Å². The number of methoxy groups -OCH3 is 2. The van der Waals surface area contributed by atoms with Gasteiger partial charge in [0.25, 0.3) is 5.91 Å². The van der Waals surface area contributed by atoms with Crippen LogP contribution in [0.2, 0.25) is 0 Å². The van der Waals surface area contributed by atoms with Crippen molar-refractivity contribution in [2.75, 3.05) is 25.7 Å². The Morgan fingerprint density at radius 1 is 1.19 bits per heavy atom. The molecular formula is C21H21NO5. The summed E-state index contributed by atoms with van der Waals surface area (Å²) in [6, 6.07) is 11.7. The fourth-order valence-electron chi connectivity index (χ4n) is 3.33. The van der Waals surface area contributed by atoms with Crippen LogP contribution in [0.5, 0.6) is 11.5 Å². The van der Waals surface area contributed by atoms with Crippen molar-refractivity contribution in [3.05, 3.63) is 66.2 Å². The van der Waals surface area contributed by atoms with E-state index in [9.17, 15) is 14.7 Å². The quantitative estimate of drug-likeness (QED) is 0.601. The second-order valence-corrected chi connectivity index (χ2v) is 6.25. The summed E-state index contributed by atoms with van der Waals surface area (Å²) in [5.74, 6) is -0.00605. The van der Waals surface area contributed by atoms with Gasteiger partial charge in [-0.1, -0.05) is 24.3 Å². The van der Waals surface area contributed by atoms with Crippen molar-refractivity contribution in [1.82, 2.24) is 0 Å². The third-order valence-corrected chi connectivity index (χ3v) is 4.67. The molecule has 0 fully saturated rings. The van der Waals surface area contributed by atoms with Crippen LogP contribution in [0.15, 0.2) is 55.1 Å². The van der Waals surface area contributed by atoms with Gasteiger partial charge in [0.2, 0.25) is 0 Å². The molecule has 0 spiro atoms. The molecule has 0 saturated heterocycles. The van der Waals surface area contributed by atoms with Gasteiger partial charge in [-0.25, -0.2) is 0 Å². The van der Waals surface area contributed by atoms with Crippen molar-refractivity contribution in [2.45, 2.75) is 12.0 Å². The molecule has 2 aromatic carbocycles. The summed E-state index contributed by atoms with van der Waals surface area (Å²) in [7, 11) is 2.98. The first-order valence-electron chi connectivity index (χ1n) is 8.46. The zero-order valence-corrected chi connectivity index (χ0v) is 15.3. The molecule has 27 heavy (non-hydrogen) atoms. The Morgan fingerprint density at radius 3 is 2.56 bits per heavy atom. The molecule has 0 aliphatic carbocycles. The van der Waals surface area contributed by atoms with Gasteiger partial charge in [0.15, 0.2) is 22.9 Å². The molecule has 0 bridgehead atoms. The number of ketones is 1. The SMILES string of the molecule is C=CCN1C(=O)C(O)(CC(=O)c2ccc(OC)c(OC)c2)c2ccccc21. The molecule has 1 aliphatic heterocycles. The average Bonchev–Trinajstić information content (AvgIpc) is 2.89. The van der Waals surface area contributed by atoms with Crippen LogP contribution in [0.25, 0.3) is 0 Å².